The van der Waals surface area contributed by atoms with Crippen molar-refractivity contribution >= 4 is 5.69 Å². The Hall–Kier alpha value is -1.22. The van der Waals surface area contributed by atoms with Crippen LogP contribution in [0.15, 0.2) is 18.2 Å². The molecule has 0 aliphatic carbocycles. The molecule has 3 nitrogen and oxygen atoms in total. The third kappa shape index (κ3) is 2.39. The van der Waals surface area contributed by atoms with Crippen molar-refractivity contribution in [1.82, 2.24) is 0 Å². The van der Waals surface area contributed by atoms with Gasteiger partial charge in [0.15, 0.2) is 0 Å². The third-order valence-electron chi connectivity index (χ3n) is 3.74. The van der Waals surface area contributed by atoms with E-state index in [1.807, 2.05) is 18.2 Å². The molecule has 3 unspecified atom stereocenters. The van der Waals surface area contributed by atoms with Crippen molar-refractivity contribution in [2.24, 2.45) is 5.92 Å². The minimum Gasteiger partial charge on any atom is -0.497 e. The Kier molecular flexibility index (Phi) is 3.57. The summed E-state index contributed by atoms with van der Waals surface area (Å²) in [5.41, 5.74) is 2.26. The molecule has 0 amide bonds. The average molecular weight is 235 g/mol. The first-order valence-electron chi connectivity index (χ1n) is 6.27. The molecular weight excluding hydrogens is 214 g/mol. The Morgan fingerprint density at radius 3 is 2.94 bits per heavy atom. The monoisotopic (exact) mass is 235 g/mol. The molecule has 1 aromatic rings. The largest absolute Gasteiger partial charge is 0.497 e. The lowest BCUT2D eigenvalue weighted by Crippen LogP contribution is -2.43. The highest BCUT2D eigenvalue weighted by Gasteiger charge is 2.29. The van der Waals surface area contributed by atoms with E-state index in [1.165, 1.54) is 0 Å². The summed E-state index contributed by atoms with van der Waals surface area (Å²) in [6, 6.07) is 6.14. The van der Waals surface area contributed by atoms with Crippen LogP contribution < -0.4 is 10.1 Å². The summed E-state index contributed by atoms with van der Waals surface area (Å²) in [5, 5.41) is 13.6. The van der Waals surface area contributed by atoms with Gasteiger partial charge in [-0.2, -0.15) is 0 Å². The number of hydrogen-bond acceptors (Lipinski definition) is 3. The molecule has 1 aliphatic rings. The van der Waals surface area contributed by atoms with E-state index < -0.39 is 0 Å². The zero-order valence-corrected chi connectivity index (χ0v) is 10.7. The summed E-state index contributed by atoms with van der Waals surface area (Å²) < 4.78 is 5.20. The van der Waals surface area contributed by atoms with E-state index in [1.54, 1.807) is 7.11 Å². The molecule has 3 atom stereocenters. The summed E-state index contributed by atoms with van der Waals surface area (Å²) in [5.74, 6) is 1.32. The first-order valence-corrected chi connectivity index (χ1v) is 6.27. The highest BCUT2D eigenvalue weighted by atomic mass is 16.5. The van der Waals surface area contributed by atoms with Crippen LogP contribution >= 0.6 is 0 Å². The van der Waals surface area contributed by atoms with E-state index in [4.69, 9.17) is 4.74 Å². The van der Waals surface area contributed by atoms with Crippen LogP contribution in [0.25, 0.3) is 0 Å². The predicted octanol–water partition coefficient (Wildman–Crippen LogP) is 2.44. The second-order valence-corrected chi connectivity index (χ2v) is 4.85. The van der Waals surface area contributed by atoms with Gasteiger partial charge < -0.3 is 15.2 Å². The number of aliphatic hydroxyl groups is 1. The zero-order chi connectivity index (χ0) is 12.4. The maximum atomic E-state index is 10.2. The van der Waals surface area contributed by atoms with Gasteiger partial charge in [-0.1, -0.05) is 20.3 Å². The van der Waals surface area contributed by atoms with E-state index in [9.17, 15) is 5.11 Å². The molecule has 1 aliphatic heterocycles. The zero-order valence-electron chi connectivity index (χ0n) is 10.7. The lowest BCUT2D eigenvalue weighted by atomic mass is 9.87. The minimum absolute atomic E-state index is 0.154. The quantitative estimate of drug-likeness (QED) is 0.845. The van der Waals surface area contributed by atoms with Gasteiger partial charge in [-0.25, -0.2) is 0 Å². The van der Waals surface area contributed by atoms with Gasteiger partial charge in [-0.3, -0.25) is 0 Å². The van der Waals surface area contributed by atoms with Crippen LogP contribution in [0.2, 0.25) is 0 Å². The molecule has 94 valence electrons. The predicted molar refractivity (Wildman–Crippen MR) is 69.6 cm³/mol. The van der Waals surface area contributed by atoms with Crippen LogP contribution in [0.3, 0.4) is 0 Å². The van der Waals surface area contributed by atoms with Crippen molar-refractivity contribution < 1.29 is 9.84 Å². The summed E-state index contributed by atoms with van der Waals surface area (Å²) in [6.07, 6.45) is 1.46. The number of fused-ring (bicyclic) bond motifs is 1. The van der Waals surface area contributed by atoms with Gasteiger partial charge in [0.2, 0.25) is 0 Å². The number of ether oxygens (including phenoxy) is 1. The van der Waals surface area contributed by atoms with E-state index in [-0.39, 0.29) is 12.1 Å². The number of aliphatic hydroxyl groups excluding tert-OH is 1. The highest BCUT2D eigenvalue weighted by molar-refractivity contribution is 5.57. The van der Waals surface area contributed by atoms with Crippen LogP contribution in [-0.2, 0) is 6.42 Å². The topological polar surface area (TPSA) is 41.5 Å². The Bertz CT molecular complexity index is 392. The van der Waals surface area contributed by atoms with Gasteiger partial charge in [-0.15, -0.1) is 0 Å². The first kappa shape index (κ1) is 12.2. The molecule has 1 heterocycles. The van der Waals surface area contributed by atoms with Gasteiger partial charge in [0.25, 0.3) is 0 Å². The first-order chi connectivity index (χ1) is 8.15. The molecule has 0 bridgehead atoms. The SMILES string of the molecule is CCC(C)C1Nc2ccc(OC)cc2CC1O. The Morgan fingerprint density at radius 2 is 2.29 bits per heavy atom. The van der Waals surface area contributed by atoms with Crippen LogP contribution in [0.1, 0.15) is 25.8 Å². The number of hydrogen-bond donors (Lipinski definition) is 2. The number of benzene rings is 1. The molecule has 0 radical (unpaired) electrons. The molecule has 17 heavy (non-hydrogen) atoms. The van der Waals surface area contributed by atoms with Crippen LogP contribution in [0.4, 0.5) is 5.69 Å². The van der Waals surface area contributed by atoms with Crippen molar-refractivity contribution in [2.75, 3.05) is 12.4 Å². The molecule has 2 rings (SSSR count). The molecule has 0 saturated carbocycles. The van der Waals surface area contributed by atoms with Gasteiger partial charge in [0, 0.05) is 12.1 Å². The fraction of sp³-hybridized carbons (Fsp3) is 0.571. The lowest BCUT2D eigenvalue weighted by Gasteiger charge is -2.35. The van der Waals surface area contributed by atoms with Gasteiger partial charge in [0.1, 0.15) is 5.75 Å². The molecule has 3 heteroatoms. The minimum atomic E-state index is -0.315. The lowest BCUT2D eigenvalue weighted by molar-refractivity contribution is 0.124. The van der Waals surface area contributed by atoms with Gasteiger partial charge >= 0.3 is 0 Å². The van der Waals surface area contributed by atoms with Crippen LogP contribution in [0, 0.1) is 5.92 Å². The van der Waals surface area contributed by atoms with Crippen LogP contribution in [0.5, 0.6) is 5.75 Å². The number of rotatable bonds is 3. The number of methoxy groups -OCH3 is 1. The summed E-state index contributed by atoms with van der Waals surface area (Å²) >= 11 is 0. The molecule has 0 aromatic heterocycles. The van der Waals surface area contributed by atoms with Crippen LogP contribution in [-0.4, -0.2) is 24.4 Å². The van der Waals surface area contributed by atoms with Crippen molar-refractivity contribution in [3.8, 4) is 5.75 Å². The van der Waals surface area contributed by atoms with E-state index in [0.717, 1.165) is 23.4 Å². The second-order valence-electron chi connectivity index (χ2n) is 4.85. The smallest absolute Gasteiger partial charge is 0.119 e. The van der Waals surface area contributed by atoms with Crippen molar-refractivity contribution in [3.05, 3.63) is 23.8 Å². The standard InChI is InChI=1S/C14H21NO2/c1-4-9(2)14-13(16)8-10-7-11(17-3)5-6-12(10)15-14/h5-7,9,13-16H,4,8H2,1-3H3. The number of anilines is 1. The maximum absolute atomic E-state index is 10.2. The van der Waals surface area contributed by atoms with E-state index in [0.29, 0.717) is 12.3 Å². The number of nitrogens with one attached hydrogen (secondary N) is 1. The third-order valence-corrected chi connectivity index (χ3v) is 3.74. The molecule has 2 N–H and O–H groups in total. The maximum Gasteiger partial charge on any atom is 0.119 e. The highest BCUT2D eigenvalue weighted by Crippen LogP contribution is 2.31. The Labute approximate surface area is 103 Å². The Balaban J connectivity index is 2.23. The molecule has 0 spiro atoms. The molecule has 0 fully saturated rings. The van der Waals surface area contributed by atoms with E-state index in [2.05, 4.69) is 19.2 Å². The summed E-state index contributed by atoms with van der Waals surface area (Å²) in [7, 11) is 1.66. The van der Waals surface area contributed by atoms with Crippen molar-refractivity contribution in [2.45, 2.75) is 38.8 Å². The fourth-order valence-corrected chi connectivity index (χ4v) is 2.41. The molecular formula is C14H21NO2. The van der Waals surface area contributed by atoms with Gasteiger partial charge in [-0.05, 0) is 29.7 Å². The van der Waals surface area contributed by atoms with Crippen molar-refractivity contribution in [1.29, 1.82) is 0 Å². The summed E-state index contributed by atoms with van der Waals surface area (Å²) in [6.45, 7) is 4.33. The normalized spacial score (nSPS) is 24.7. The fourth-order valence-electron chi connectivity index (χ4n) is 2.41. The Morgan fingerprint density at radius 1 is 1.53 bits per heavy atom. The molecule has 0 saturated heterocycles. The molecule has 1 aromatic carbocycles. The summed E-state index contributed by atoms with van der Waals surface area (Å²) in [4.78, 5) is 0. The van der Waals surface area contributed by atoms with Gasteiger partial charge in [0.05, 0.1) is 19.3 Å². The average Bonchev–Trinajstić information content (AvgIpc) is 2.36. The van der Waals surface area contributed by atoms with Crippen molar-refractivity contribution in [3.63, 3.8) is 0 Å². The van der Waals surface area contributed by atoms with E-state index >= 15 is 0 Å². The second kappa shape index (κ2) is 4.96.